The maximum atomic E-state index is 2.37. The summed E-state index contributed by atoms with van der Waals surface area (Å²) >= 11 is 0. The number of hydrogen-bond donors (Lipinski definition) is 0. The van der Waals surface area contributed by atoms with E-state index < -0.39 is 0 Å². The normalized spacial score (nSPS) is 16.5. The minimum atomic E-state index is 1.11. The molecular formula is C13H20. The fraction of sp³-hybridized carbons (Fsp3) is 0.538. The molecule has 0 amide bonds. The van der Waals surface area contributed by atoms with Gasteiger partial charge in [-0.1, -0.05) is 44.6 Å². The molecule has 72 valence electrons. The molecule has 0 bridgehead atoms. The van der Waals surface area contributed by atoms with Crippen LogP contribution >= 0.6 is 0 Å². The summed E-state index contributed by atoms with van der Waals surface area (Å²) in [6, 6.07) is 0. The van der Waals surface area contributed by atoms with Crippen molar-refractivity contribution >= 4 is 0 Å². The van der Waals surface area contributed by atoms with E-state index in [1.165, 1.54) is 25.7 Å². The third kappa shape index (κ3) is 3.22. The van der Waals surface area contributed by atoms with Crippen molar-refractivity contribution < 1.29 is 0 Å². The lowest BCUT2D eigenvalue weighted by molar-refractivity contribution is 0.785. The van der Waals surface area contributed by atoms with E-state index >= 15 is 0 Å². The summed E-state index contributed by atoms with van der Waals surface area (Å²) in [7, 11) is 0. The second-order valence-electron chi connectivity index (χ2n) is 3.54. The lowest BCUT2D eigenvalue weighted by atomic mass is 9.98. The van der Waals surface area contributed by atoms with Gasteiger partial charge in [0.2, 0.25) is 0 Å². The Balaban J connectivity index is 2.64. The molecule has 0 heterocycles. The van der Waals surface area contributed by atoms with E-state index in [1.54, 1.807) is 11.1 Å². The Bertz CT molecular complexity index is 228. The predicted molar refractivity (Wildman–Crippen MR) is 59.7 cm³/mol. The molecule has 0 radical (unpaired) electrons. The van der Waals surface area contributed by atoms with Gasteiger partial charge in [0.25, 0.3) is 0 Å². The van der Waals surface area contributed by atoms with E-state index in [-0.39, 0.29) is 0 Å². The van der Waals surface area contributed by atoms with Crippen LogP contribution in [0, 0.1) is 0 Å². The van der Waals surface area contributed by atoms with Crippen molar-refractivity contribution in [2.75, 3.05) is 0 Å². The van der Waals surface area contributed by atoms with Crippen molar-refractivity contribution in [3.8, 4) is 0 Å². The monoisotopic (exact) mass is 176 g/mol. The molecule has 0 saturated carbocycles. The number of unbranched alkanes of at least 4 members (excludes halogenated alkanes) is 1. The minimum absolute atomic E-state index is 1.11. The second kappa shape index (κ2) is 5.80. The summed E-state index contributed by atoms with van der Waals surface area (Å²) in [5.41, 5.74) is 3.11. The number of rotatable bonds is 4. The van der Waals surface area contributed by atoms with Crippen molar-refractivity contribution in [3.05, 3.63) is 35.5 Å². The van der Waals surface area contributed by atoms with Crippen LogP contribution in [0.25, 0.3) is 0 Å². The highest BCUT2D eigenvalue weighted by Crippen LogP contribution is 2.22. The Hall–Kier alpha value is -0.780. The topological polar surface area (TPSA) is 0 Å². The molecule has 0 fully saturated rings. The molecule has 1 aliphatic carbocycles. The molecule has 1 aliphatic rings. The highest BCUT2D eigenvalue weighted by atomic mass is 14.1. The second-order valence-corrected chi connectivity index (χ2v) is 3.54. The number of hydrogen-bond acceptors (Lipinski definition) is 0. The van der Waals surface area contributed by atoms with Gasteiger partial charge in [-0.05, 0) is 36.8 Å². The van der Waals surface area contributed by atoms with E-state index in [4.69, 9.17) is 0 Å². The Morgan fingerprint density at radius 2 is 2.08 bits per heavy atom. The molecule has 0 spiro atoms. The fourth-order valence-electron chi connectivity index (χ4n) is 1.69. The van der Waals surface area contributed by atoms with Gasteiger partial charge in [-0.2, -0.15) is 0 Å². The van der Waals surface area contributed by atoms with Gasteiger partial charge in [-0.25, -0.2) is 0 Å². The van der Waals surface area contributed by atoms with Crippen LogP contribution in [0.4, 0.5) is 0 Å². The zero-order chi connectivity index (χ0) is 9.52. The van der Waals surface area contributed by atoms with Crippen LogP contribution in [0.5, 0.6) is 0 Å². The van der Waals surface area contributed by atoms with Crippen molar-refractivity contribution in [2.45, 2.75) is 46.0 Å². The van der Waals surface area contributed by atoms with Crippen molar-refractivity contribution in [1.29, 1.82) is 0 Å². The summed E-state index contributed by atoms with van der Waals surface area (Å²) < 4.78 is 0. The van der Waals surface area contributed by atoms with E-state index in [1.807, 2.05) is 0 Å². The minimum Gasteiger partial charge on any atom is -0.0807 e. The summed E-state index contributed by atoms with van der Waals surface area (Å²) in [4.78, 5) is 0. The van der Waals surface area contributed by atoms with E-state index in [0.29, 0.717) is 0 Å². The molecule has 0 N–H and O–H groups in total. The standard InChI is InChI=1S/C13H20/c1-3-5-9-13-11-8-6-7-10-12(13)4-2/h6,8,10-11H,3-5,7,9H2,1-2H3. The van der Waals surface area contributed by atoms with Crippen LogP contribution in [0.2, 0.25) is 0 Å². The lowest BCUT2D eigenvalue weighted by Gasteiger charge is -2.08. The van der Waals surface area contributed by atoms with Gasteiger partial charge in [0.05, 0.1) is 0 Å². The maximum Gasteiger partial charge on any atom is -0.0160 e. The van der Waals surface area contributed by atoms with Crippen molar-refractivity contribution in [2.24, 2.45) is 0 Å². The zero-order valence-electron chi connectivity index (χ0n) is 8.84. The molecule has 0 aromatic rings. The Kier molecular flexibility index (Phi) is 4.59. The Morgan fingerprint density at radius 1 is 1.23 bits per heavy atom. The molecule has 0 aliphatic heterocycles. The van der Waals surface area contributed by atoms with E-state index in [2.05, 4.69) is 38.2 Å². The SMILES string of the molecule is CCCCC1=CC=CCC=C1CC. The highest BCUT2D eigenvalue weighted by Gasteiger charge is 2.02. The van der Waals surface area contributed by atoms with Gasteiger partial charge in [0.1, 0.15) is 0 Å². The first-order valence-electron chi connectivity index (χ1n) is 5.43. The van der Waals surface area contributed by atoms with Crippen LogP contribution in [-0.4, -0.2) is 0 Å². The summed E-state index contributed by atoms with van der Waals surface area (Å²) in [6.07, 6.45) is 15.2. The molecule has 13 heavy (non-hydrogen) atoms. The summed E-state index contributed by atoms with van der Waals surface area (Å²) in [5.74, 6) is 0. The Morgan fingerprint density at radius 3 is 2.77 bits per heavy atom. The van der Waals surface area contributed by atoms with Gasteiger partial charge < -0.3 is 0 Å². The van der Waals surface area contributed by atoms with Crippen LogP contribution in [0.1, 0.15) is 46.0 Å². The van der Waals surface area contributed by atoms with Gasteiger partial charge in [0, 0.05) is 0 Å². The molecule has 0 atom stereocenters. The first kappa shape index (κ1) is 10.3. The van der Waals surface area contributed by atoms with E-state index in [0.717, 1.165) is 6.42 Å². The maximum absolute atomic E-state index is 2.37. The van der Waals surface area contributed by atoms with Gasteiger partial charge in [-0.3, -0.25) is 0 Å². The summed E-state index contributed by atoms with van der Waals surface area (Å²) in [6.45, 7) is 4.50. The van der Waals surface area contributed by atoms with Crippen LogP contribution in [-0.2, 0) is 0 Å². The third-order valence-corrected chi connectivity index (χ3v) is 2.53. The smallest absolute Gasteiger partial charge is 0.0160 e. The number of allylic oxidation sites excluding steroid dienone is 6. The van der Waals surface area contributed by atoms with E-state index in [9.17, 15) is 0 Å². The molecule has 1 rings (SSSR count). The quantitative estimate of drug-likeness (QED) is 0.595. The molecule has 0 aromatic heterocycles. The molecule has 0 saturated heterocycles. The zero-order valence-corrected chi connectivity index (χ0v) is 8.84. The third-order valence-electron chi connectivity index (χ3n) is 2.53. The predicted octanol–water partition coefficient (Wildman–Crippen LogP) is 4.40. The largest absolute Gasteiger partial charge is 0.0807 e. The van der Waals surface area contributed by atoms with Crippen LogP contribution in [0.3, 0.4) is 0 Å². The van der Waals surface area contributed by atoms with Crippen molar-refractivity contribution in [3.63, 3.8) is 0 Å². The van der Waals surface area contributed by atoms with Gasteiger partial charge in [0.15, 0.2) is 0 Å². The highest BCUT2D eigenvalue weighted by molar-refractivity contribution is 5.36. The van der Waals surface area contributed by atoms with Crippen molar-refractivity contribution in [1.82, 2.24) is 0 Å². The average Bonchev–Trinajstić information content (AvgIpc) is 2.39. The fourth-order valence-corrected chi connectivity index (χ4v) is 1.69. The molecule has 0 heteroatoms. The molecular weight excluding hydrogens is 156 g/mol. The summed E-state index contributed by atoms with van der Waals surface area (Å²) in [5, 5.41) is 0. The van der Waals surface area contributed by atoms with Gasteiger partial charge in [-0.15, -0.1) is 0 Å². The first-order chi connectivity index (χ1) is 6.38. The van der Waals surface area contributed by atoms with Crippen LogP contribution in [0.15, 0.2) is 35.5 Å². The van der Waals surface area contributed by atoms with Crippen LogP contribution < -0.4 is 0 Å². The van der Waals surface area contributed by atoms with Gasteiger partial charge >= 0.3 is 0 Å². The average molecular weight is 176 g/mol. The molecule has 0 nitrogen and oxygen atoms in total. The molecule has 0 aromatic carbocycles. The Labute approximate surface area is 82.0 Å². The lowest BCUT2D eigenvalue weighted by Crippen LogP contribution is -1.88. The first-order valence-corrected chi connectivity index (χ1v) is 5.43. The molecule has 0 unspecified atom stereocenters.